The third kappa shape index (κ3) is 3.37. The van der Waals surface area contributed by atoms with Crippen molar-refractivity contribution in [2.45, 2.75) is 11.5 Å². The fourth-order valence-electron chi connectivity index (χ4n) is 2.57. The number of fused-ring (bicyclic) bond motifs is 1. The highest BCUT2D eigenvalue weighted by atomic mass is 32.2. The van der Waals surface area contributed by atoms with E-state index in [4.69, 9.17) is 4.74 Å². The molecule has 1 N–H and O–H groups in total. The van der Waals surface area contributed by atoms with Crippen molar-refractivity contribution in [1.29, 1.82) is 0 Å². The van der Waals surface area contributed by atoms with Crippen LogP contribution >= 0.6 is 0 Å². The van der Waals surface area contributed by atoms with Crippen molar-refractivity contribution >= 4 is 27.2 Å². The van der Waals surface area contributed by atoms with Crippen LogP contribution in [0.25, 0.3) is 5.69 Å². The molecule has 11 heteroatoms. The van der Waals surface area contributed by atoms with Gasteiger partial charge >= 0.3 is 0 Å². The summed E-state index contributed by atoms with van der Waals surface area (Å²) in [5.41, 5.74) is 1.15. The van der Waals surface area contributed by atoms with E-state index in [0.29, 0.717) is 16.9 Å². The number of hydrogen-bond acceptors (Lipinski definition) is 7. The maximum absolute atomic E-state index is 11.9. The van der Waals surface area contributed by atoms with Crippen LogP contribution in [-0.4, -0.2) is 42.7 Å². The number of nitrogens with zero attached hydrogens (tertiary/aromatic N) is 3. The van der Waals surface area contributed by atoms with Gasteiger partial charge in [-0.2, -0.15) is 5.10 Å². The molecule has 0 spiro atoms. The van der Waals surface area contributed by atoms with Crippen LogP contribution in [-0.2, 0) is 30.9 Å². The zero-order valence-electron chi connectivity index (χ0n) is 13.1. The number of ether oxygens (including phenoxy) is 1. The lowest BCUT2D eigenvalue weighted by Gasteiger charge is -2.10. The fourth-order valence-corrected chi connectivity index (χ4v) is 4.07. The lowest BCUT2D eigenvalue weighted by Crippen LogP contribution is -2.20. The van der Waals surface area contributed by atoms with Gasteiger partial charge in [-0.3, -0.25) is 14.9 Å². The molecule has 0 bridgehead atoms. The van der Waals surface area contributed by atoms with E-state index in [-0.39, 0.29) is 29.6 Å². The molecule has 0 fully saturated rings. The van der Waals surface area contributed by atoms with Crippen LogP contribution in [0.5, 0.6) is 0 Å². The van der Waals surface area contributed by atoms with Gasteiger partial charge in [0.2, 0.25) is 0 Å². The summed E-state index contributed by atoms with van der Waals surface area (Å²) < 4.78 is 29.8. The number of sulfone groups is 1. The van der Waals surface area contributed by atoms with Gasteiger partial charge in [0.15, 0.2) is 9.84 Å². The summed E-state index contributed by atoms with van der Waals surface area (Å²) in [4.78, 5) is 22.1. The molecule has 0 unspecified atom stereocenters. The van der Waals surface area contributed by atoms with Gasteiger partial charge in [0.05, 0.1) is 27.8 Å². The van der Waals surface area contributed by atoms with E-state index in [9.17, 15) is 23.3 Å². The topological polar surface area (TPSA) is 133 Å². The Hall–Kier alpha value is -2.79. The Morgan fingerprint density at radius 2 is 2.04 bits per heavy atom. The fraction of sp³-hybridized carbons (Fsp3) is 0.286. The Morgan fingerprint density at radius 1 is 1.36 bits per heavy atom. The minimum atomic E-state index is -3.30. The number of non-ortho nitro benzene ring substituents is 1. The molecule has 2 heterocycles. The monoisotopic (exact) mass is 366 g/mol. The number of hydrogen-bond donors (Lipinski definition) is 1. The standard InChI is InChI=1S/C14H14N4O6S/c1-24-6-13(19)15-14-11-7-25(22,23)8-12(11)16-17(14)9-2-4-10(5-3-9)18(20)21/h2-5H,6-8H2,1H3,(H,15,19). The minimum Gasteiger partial charge on any atom is -0.375 e. The number of nitro groups is 1. The van der Waals surface area contributed by atoms with Gasteiger partial charge in [-0.05, 0) is 12.1 Å². The Morgan fingerprint density at radius 3 is 2.64 bits per heavy atom. The molecule has 0 atom stereocenters. The summed E-state index contributed by atoms with van der Waals surface area (Å²) in [5, 5.41) is 17.6. The van der Waals surface area contributed by atoms with Gasteiger partial charge in [-0.1, -0.05) is 0 Å². The van der Waals surface area contributed by atoms with Gasteiger partial charge < -0.3 is 10.1 Å². The third-order valence-corrected chi connectivity index (χ3v) is 5.07. The van der Waals surface area contributed by atoms with Crippen LogP contribution in [0.3, 0.4) is 0 Å². The predicted molar refractivity (Wildman–Crippen MR) is 87.1 cm³/mol. The van der Waals surface area contributed by atoms with Crippen molar-refractivity contribution in [3.8, 4) is 5.69 Å². The van der Waals surface area contributed by atoms with Crippen LogP contribution in [0.15, 0.2) is 24.3 Å². The first-order valence-electron chi connectivity index (χ1n) is 7.15. The second-order valence-corrected chi connectivity index (χ2v) is 7.54. The molecule has 1 aliphatic rings. The maximum Gasteiger partial charge on any atom is 0.269 e. The molecule has 10 nitrogen and oxygen atoms in total. The summed E-state index contributed by atoms with van der Waals surface area (Å²) >= 11 is 0. The van der Waals surface area contributed by atoms with Crippen LogP contribution < -0.4 is 5.32 Å². The highest BCUT2D eigenvalue weighted by molar-refractivity contribution is 7.90. The number of benzene rings is 1. The molecular weight excluding hydrogens is 352 g/mol. The number of anilines is 1. The first kappa shape index (κ1) is 17.0. The molecule has 1 aromatic carbocycles. The van der Waals surface area contributed by atoms with E-state index in [1.807, 2.05) is 0 Å². The first-order chi connectivity index (χ1) is 11.8. The Bertz CT molecular complexity index is 948. The second-order valence-electron chi connectivity index (χ2n) is 5.47. The molecule has 1 amide bonds. The van der Waals surface area contributed by atoms with Gasteiger partial charge in [0, 0.05) is 24.8 Å². The van der Waals surface area contributed by atoms with Gasteiger partial charge in [0.1, 0.15) is 12.4 Å². The number of nitrogens with one attached hydrogen (secondary N) is 1. The van der Waals surface area contributed by atoms with E-state index in [1.54, 1.807) is 0 Å². The number of aromatic nitrogens is 2. The molecule has 0 saturated heterocycles. The van der Waals surface area contributed by atoms with Gasteiger partial charge in [-0.15, -0.1) is 0 Å². The molecule has 1 aromatic heterocycles. The van der Waals surface area contributed by atoms with Gasteiger partial charge in [-0.25, -0.2) is 13.1 Å². The number of rotatable bonds is 5. The largest absolute Gasteiger partial charge is 0.375 e. The number of methoxy groups -OCH3 is 1. The van der Waals surface area contributed by atoms with Gasteiger partial charge in [0.25, 0.3) is 11.6 Å². The van der Waals surface area contributed by atoms with Crippen molar-refractivity contribution in [2.75, 3.05) is 19.0 Å². The van der Waals surface area contributed by atoms with Crippen molar-refractivity contribution in [2.24, 2.45) is 0 Å². The third-order valence-electron chi connectivity index (χ3n) is 3.63. The highest BCUT2D eigenvalue weighted by Crippen LogP contribution is 2.33. The van der Waals surface area contributed by atoms with E-state index < -0.39 is 20.7 Å². The van der Waals surface area contributed by atoms with E-state index in [0.717, 1.165) is 0 Å². The SMILES string of the molecule is COCC(=O)Nc1c2c(nn1-c1ccc([N+](=O)[O-])cc1)CS(=O)(=O)C2. The minimum absolute atomic E-state index is 0.0870. The number of carbonyl (C=O) groups is 1. The van der Waals surface area contributed by atoms with E-state index >= 15 is 0 Å². The van der Waals surface area contributed by atoms with Crippen LogP contribution in [0.4, 0.5) is 11.5 Å². The highest BCUT2D eigenvalue weighted by Gasteiger charge is 2.33. The Balaban J connectivity index is 2.04. The summed E-state index contributed by atoms with van der Waals surface area (Å²) in [6, 6.07) is 5.56. The molecule has 132 valence electrons. The Labute approximate surface area is 142 Å². The molecule has 0 saturated carbocycles. The average Bonchev–Trinajstić information content (AvgIpc) is 3.01. The average molecular weight is 366 g/mol. The van der Waals surface area contributed by atoms with Crippen molar-refractivity contribution in [1.82, 2.24) is 9.78 Å². The zero-order valence-corrected chi connectivity index (χ0v) is 13.9. The normalized spacial score (nSPS) is 14.9. The van der Waals surface area contributed by atoms with Crippen molar-refractivity contribution < 1.29 is 22.9 Å². The molecule has 25 heavy (non-hydrogen) atoms. The van der Waals surface area contributed by atoms with Crippen molar-refractivity contribution in [3.05, 3.63) is 45.6 Å². The quantitative estimate of drug-likeness (QED) is 0.611. The summed E-state index contributed by atoms with van der Waals surface area (Å²) in [6.45, 7) is -0.201. The molecule has 0 aliphatic carbocycles. The van der Waals surface area contributed by atoms with Crippen LogP contribution in [0.1, 0.15) is 11.3 Å². The number of amides is 1. The summed E-state index contributed by atoms with van der Waals surface area (Å²) in [5.74, 6) is -0.669. The number of carbonyl (C=O) groups excluding carboxylic acids is 1. The smallest absolute Gasteiger partial charge is 0.269 e. The summed E-state index contributed by atoms with van der Waals surface area (Å²) in [7, 11) is -1.93. The molecule has 1 aliphatic heterocycles. The molecule has 2 aromatic rings. The summed E-state index contributed by atoms with van der Waals surface area (Å²) in [6.07, 6.45) is 0. The maximum atomic E-state index is 11.9. The molecular formula is C14H14N4O6S. The lowest BCUT2D eigenvalue weighted by atomic mass is 10.2. The molecule has 0 radical (unpaired) electrons. The van der Waals surface area contributed by atoms with Crippen LogP contribution in [0.2, 0.25) is 0 Å². The number of nitro benzene ring substituents is 1. The van der Waals surface area contributed by atoms with Crippen molar-refractivity contribution in [3.63, 3.8) is 0 Å². The second kappa shape index (κ2) is 6.26. The zero-order chi connectivity index (χ0) is 18.2. The Kier molecular flexibility index (Phi) is 4.27. The van der Waals surface area contributed by atoms with E-state index in [1.165, 1.54) is 36.1 Å². The predicted octanol–water partition coefficient (Wildman–Crippen LogP) is 0.794. The molecule has 3 rings (SSSR count). The lowest BCUT2D eigenvalue weighted by molar-refractivity contribution is -0.384. The van der Waals surface area contributed by atoms with Crippen LogP contribution in [0, 0.1) is 10.1 Å². The first-order valence-corrected chi connectivity index (χ1v) is 8.97. The van der Waals surface area contributed by atoms with E-state index in [2.05, 4.69) is 10.4 Å².